The zero-order valence-corrected chi connectivity index (χ0v) is 9.24. The molecule has 2 N–H and O–H groups in total. The van der Waals surface area contributed by atoms with Gasteiger partial charge in [-0.2, -0.15) is 10.2 Å². The van der Waals surface area contributed by atoms with Gasteiger partial charge in [0.15, 0.2) is 0 Å². The zero-order valence-electron chi connectivity index (χ0n) is 9.24. The first kappa shape index (κ1) is 10.7. The summed E-state index contributed by atoms with van der Waals surface area (Å²) in [5.41, 5.74) is 5.55. The van der Waals surface area contributed by atoms with Gasteiger partial charge in [-0.1, -0.05) is 6.92 Å². The Morgan fingerprint density at radius 3 is 2.50 bits per heavy atom. The summed E-state index contributed by atoms with van der Waals surface area (Å²) in [6.07, 6.45) is 4.09. The molecule has 0 radical (unpaired) electrons. The molecule has 0 saturated heterocycles. The fourth-order valence-electron chi connectivity index (χ4n) is 1.52. The molecule has 86 valence electrons. The van der Waals surface area contributed by atoms with Gasteiger partial charge in [0.1, 0.15) is 30.8 Å². The third-order valence-corrected chi connectivity index (χ3v) is 2.30. The number of nitrogens with two attached hydrogens (primary N) is 1. The molecular formula is C9H15N7. The first-order valence-electron chi connectivity index (χ1n) is 5.28. The summed E-state index contributed by atoms with van der Waals surface area (Å²) < 4.78 is 3.62. The van der Waals surface area contributed by atoms with Gasteiger partial charge in [-0.25, -0.2) is 19.3 Å². The fourth-order valence-corrected chi connectivity index (χ4v) is 1.52. The molecule has 2 aromatic rings. The predicted octanol–water partition coefficient (Wildman–Crippen LogP) is -0.213. The van der Waals surface area contributed by atoms with Gasteiger partial charge in [0.25, 0.3) is 0 Å². The van der Waals surface area contributed by atoms with E-state index in [0.717, 1.165) is 24.6 Å². The van der Waals surface area contributed by atoms with Gasteiger partial charge in [0, 0.05) is 6.54 Å². The molecule has 0 unspecified atom stereocenters. The summed E-state index contributed by atoms with van der Waals surface area (Å²) >= 11 is 0. The molecule has 2 heterocycles. The highest BCUT2D eigenvalue weighted by atomic mass is 15.4. The van der Waals surface area contributed by atoms with E-state index in [9.17, 15) is 0 Å². The van der Waals surface area contributed by atoms with Crippen LogP contribution in [0.4, 0.5) is 0 Å². The largest absolute Gasteiger partial charge is 0.324 e. The minimum absolute atomic E-state index is 0.377. The summed E-state index contributed by atoms with van der Waals surface area (Å²) in [4.78, 5) is 8.27. The highest BCUT2D eigenvalue weighted by Gasteiger charge is 2.08. The van der Waals surface area contributed by atoms with Crippen LogP contribution in [0.5, 0.6) is 0 Å². The number of hydrogen-bond donors (Lipinski definition) is 1. The van der Waals surface area contributed by atoms with E-state index in [1.807, 2.05) is 4.68 Å². The normalized spacial score (nSPS) is 10.9. The first-order valence-corrected chi connectivity index (χ1v) is 5.28. The molecule has 0 aromatic carbocycles. The molecule has 0 saturated carbocycles. The molecular weight excluding hydrogens is 206 g/mol. The average Bonchev–Trinajstić information content (AvgIpc) is 2.89. The maximum Gasteiger partial charge on any atom is 0.148 e. The average molecular weight is 221 g/mol. The van der Waals surface area contributed by atoms with Crippen LogP contribution in [0.25, 0.3) is 0 Å². The van der Waals surface area contributed by atoms with Gasteiger partial charge in [-0.15, -0.1) is 0 Å². The number of nitrogens with zero attached hydrogens (tertiary/aromatic N) is 6. The second-order valence-corrected chi connectivity index (χ2v) is 3.44. The molecule has 7 heteroatoms. The van der Waals surface area contributed by atoms with Gasteiger partial charge < -0.3 is 5.73 Å². The van der Waals surface area contributed by atoms with Crippen molar-refractivity contribution in [1.29, 1.82) is 0 Å². The Labute approximate surface area is 93.3 Å². The molecule has 0 bridgehead atoms. The number of aryl methyl sites for hydroxylation is 1. The minimum atomic E-state index is 0.377. The highest BCUT2D eigenvalue weighted by Crippen LogP contribution is 2.01. The molecule has 0 aliphatic rings. The summed E-state index contributed by atoms with van der Waals surface area (Å²) in [7, 11) is 0. The van der Waals surface area contributed by atoms with E-state index in [4.69, 9.17) is 5.73 Å². The summed E-state index contributed by atoms with van der Waals surface area (Å²) in [5.74, 6) is 1.63. The molecule has 0 fully saturated rings. The molecule has 7 nitrogen and oxygen atoms in total. The number of hydrogen-bond acceptors (Lipinski definition) is 5. The van der Waals surface area contributed by atoms with Crippen LogP contribution in [0, 0.1) is 0 Å². The van der Waals surface area contributed by atoms with Crippen molar-refractivity contribution in [3.05, 3.63) is 24.3 Å². The fraction of sp³-hybridized carbons (Fsp3) is 0.556. The Kier molecular flexibility index (Phi) is 3.25. The quantitative estimate of drug-likeness (QED) is 0.754. The third kappa shape index (κ3) is 2.08. The Balaban J connectivity index is 2.17. The van der Waals surface area contributed by atoms with Crippen molar-refractivity contribution in [3.8, 4) is 0 Å². The Morgan fingerprint density at radius 2 is 1.81 bits per heavy atom. The van der Waals surface area contributed by atoms with E-state index >= 15 is 0 Å². The standard InChI is InChI=1S/C9H15N7/c1-2-3-15-9(12-7-13-15)5-16-8(4-10)11-6-14-16/h6-7H,2-5,10H2,1H3. The maximum absolute atomic E-state index is 5.55. The van der Waals surface area contributed by atoms with E-state index in [0.29, 0.717) is 13.1 Å². The van der Waals surface area contributed by atoms with Crippen LogP contribution in [0.2, 0.25) is 0 Å². The lowest BCUT2D eigenvalue weighted by Crippen LogP contribution is -2.15. The molecule has 0 atom stereocenters. The van der Waals surface area contributed by atoms with E-state index in [-0.39, 0.29) is 0 Å². The van der Waals surface area contributed by atoms with Crippen molar-refractivity contribution in [3.63, 3.8) is 0 Å². The van der Waals surface area contributed by atoms with Gasteiger partial charge in [-0.05, 0) is 6.42 Å². The van der Waals surface area contributed by atoms with Gasteiger partial charge in [0.05, 0.1) is 6.54 Å². The number of aromatic nitrogens is 6. The predicted molar refractivity (Wildman–Crippen MR) is 57.3 cm³/mol. The molecule has 0 amide bonds. The molecule has 0 aliphatic carbocycles. The first-order chi connectivity index (χ1) is 7.85. The smallest absolute Gasteiger partial charge is 0.148 e. The molecule has 16 heavy (non-hydrogen) atoms. The van der Waals surface area contributed by atoms with Gasteiger partial charge in [-0.3, -0.25) is 0 Å². The topological polar surface area (TPSA) is 87.4 Å². The minimum Gasteiger partial charge on any atom is -0.324 e. The zero-order chi connectivity index (χ0) is 11.4. The third-order valence-electron chi connectivity index (χ3n) is 2.30. The van der Waals surface area contributed by atoms with Crippen LogP contribution in [-0.4, -0.2) is 29.5 Å². The number of rotatable bonds is 5. The van der Waals surface area contributed by atoms with E-state index in [1.54, 1.807) is 11.0 Å². The van der Waals surface area contributed by atoms with Crippen molar-refractivity contribution in [2.75, 3.05) is 0 Å². The molecule has 2 rings (SSSR count). The van der Waals surface area contributed by atoms with Gasteiger partial charge >= 0.3 is 0 Å². The van der Waals surface area contributed by atoms with Crippen molar-refractivity contribution in [2.45, 2.75) is 33.0 Å². The Morgan fingerprint density at radius 1 is 1.12 bits per heavy atom. The van der Waals surface area contributed by atoms with Crippen LogP contribution >= 0.6 is 0 Å². The van der Waals surface area contributed by atoms with Crippen LogP contribution in [0.3, 0.4) is 0 Å². The van der Waals surface area contributed by atoms with Crippen molar-refractivity contribution >= 4 is 0 Å². The van der Waals surface area contributed by atoms with E-state index in [1.165, 1.54) is 6.33 Å². The monoisotopic (exact) mass is 221 g/mol. The highest BCUT2D eigenvalue weighted by molar-refractivity contribution is 4.90. The SMILES string of the molecule is CCCn1ncnc1Cn1ncnc1CN. The van der Waals surface area contributed by atoms with Crippen LogP contribution < -0.4 is 5.73 Å². The lowest BCUT2D eigenvalue weighted by molar-refractivity contribution is 0.529. The summed E-state index contributed by atoms with van der Waals surface area (Å²) in [6, 6.07) is 0. The Bertz CT molecular complexity index is 444. The van der Waals surface area contributed by atoms with Crippen molar-refractivity contribution in [1.82, 2.24) is 29.5 Å². The molecule has 0 spiro atoms. The van der Waals surface area contributed by atoms with Crippen molar-refractivity contribution < 1.29 is 0 Å². The lowest BCUT2D eigenvalue weighted by Gasteiger charge is -2.05. The summed E-state index contributed by atoms with van der Waals surface area (Å²) in [5, 5.41) is 8.26. The van der Waals surface area contributed by atoms with Gasteiger partial charge in [0.2, 0.25) is 0 Å². The summed E-state index contributed by atoms with van der Waals surface area (Å²) in [6.45, 7) is 3.91. The van der Waals surface area contributed by atoms with Crippen molar-refractivity contribution in [2.24, 2.45) is 5.73 Å². The van der Waals surface area contributed by atoms with E-state index < -0.39 is 0 Å². The second-order valence-electron chi connectivity index (χ2n) is 3.44. The maximum atomic E-state index is 5.55. The second kappa shape index (κ2) is 4.84. The van der Waals surface area contributed by atoms with E-state index in [2.05, 4.69) is 27.1 Å². The Hall–Kier alpha value is -1.76. The molecule has 2 aromatic heterocycles. The van der Waals surface area contributed by atoms with Crippen LogP contribution in [0.1, 0.15) is 25.0 Å². The lowest BCUT2D eigenvalue weighted by atomic mass is 10.4. The van der Waals surface area contributed by atoms with Crippen LogP contribution in [0.15, 0.2) is 12.7 Å². The molecule has 0 aliphatic heterocycles. The van der Waals surface area contributed by atoms with Crippen LogP contribution in [-0.2, 0) is 19.6 Å².